The summed E-state index contributed by atoms with van der Waals surface area (Å²) < 4.78 is 17.4. The largest absolute Gasteiger partial charge is 0.501 e. The molecule has 8 heteroatoms. The van der Waals surface area contributed by atoms with Crippen molar-refractivity contribution in [3.8, 4) is 9.75 Å². The lowest BCUT2D eigenvalue weighted by Crippen LogP contribution is -2.22. The third-order valence-corrected chi connectivity index (χ3v) is 21.3. The quantitative estimate of drug-likeness (QED) is 0.157. The summed E-state index contributed by atoms with van der Waals surface area (Å²) in [5, 5.41) is 10.5. The number of rotatable bonds is 9. The Labute approximate surface area is 387 Å². The molecule has 1 N–H and O–H groups in total. The average Bonchev–Trinajstić information content (AvgIpc) is 4.19. The minimum atomic E-state index is 0.128. The van der Waals surface area contributed by atoms with Gasteiger partial charge in [0, 0.05) is 62.5 Å². The second-order valence-corrected chi connectivity index (χ2v) is 23.6. The molecule has 0 spiro atoms. The molecular weight excluding hydrogens is 873 g/mol. The van der Waals surface area contributed by atoms with Gasteiger partial charge in [-0.25, -0.2) is 0 Å². The van der Waals surface area contributed by atoms with E-state index in [0.717, 1.165) is 56.3 Å². The third kappa shape index (κ3) is 6.93. The molecule has 6 aromatic rings. The monoisotopic (exact) mass is 918 g/mol. The van der Waals surface area contributed by atoms with Gasteiger partial charge in [-0.05, 0) is 114 Å². The zero-order valence-electron chi connectivity index (χ0n) is 34.5. The van der Waals surface area contributed by atoms with Crippen LogP contribution in [-0.4, -0.2) is 18.8 Å². The van der Waals surface area contributed by atoms with Crippen LogP contribution in [0, 0.1) is 29.6 Å². The van der Waals surface area contributed by atoms with Crippen LogP contribution in [0.2, 0.25) is 0 Å². The Balaban J connectivity index is 0.924. The summed E-state index contributed by atoms with van der Waals surface area (Å²) in [6, 6.07) is 9.94. The molecule has 5 unspecified atom stereocenters. The summed E-state index contributed by atoms with van der Waals surface area (Å²) in [6.45, 7) is 0.128. The summed E-state index contributed by atoms with van der Waals surface area (Å²) in [5.41, 5.74) is 8.42. The van der Waals surface area contributed by atoms with E-state index in [4.69, 9.17) is 4.74 Å². The molecule has 6 aliphatic rings. The van der Waals surface area contributed by atoms with Gasteiger partial charge in [-0.2, -0.15) is 0 Å². The maximum atomic E-state index is 10.5. The molecule has 0 saturated heterocycles. The summed E-state index contributed by atoms with van der Waals surface area (Å²) in [6.07, 6.45) is 46.3. The predicted molar refractivity (Wildman–Crippen MR) is 275 cm³/mol. The zero-order valence-corrected chi connectivity index (χ0v) is 39.4. The van der Waals surface area contributed by atoms with Crippen LogP contribution in [-0.2, 0) is 4.74 Å². The zero-order chi connectivity index (χ0) is 41.3. The smallest absolute Gasteiger partial charge is 0.0967 e. The van der Waals surface area contributed by atoms with E-state index in [0.29, 0.717) is 29.6 Å². The van der Waals surface area contributed by atoms with Crippen LogP contribution in [0.3, 0.4) is 0 Å². The first-order valence-corrected chi connectivity index (χ1v) is 26.8. The fourth-order valence-corrected chi connectivity index (χ4v) is 18.9. The van der Waals surface area contributed by atoms with Crippen LogP contribution in [0.4, 0.5) is 0 Å². The van der Waals surface area contributed by atoms with Crippen molar-refractivity contribution in [3.63, 3.8) is 0 Å². The second kappa shape index (κ2) is 16.5. The first kappa shape index (κ1) is 39.5. The Morgan fingerprint density at radius 3 is 1.68 bits per heavy atom. The first-order chi connectivity index (χ1) is 30.6. The summed E-state index contributed by atoms with van der Waals surface area (Å²) >= 11 is 11.9. The van der Waals surface area contributed by atoms with E-state index in [1.807, 2.05) is 75.1 Å². The van der Waals surface area contributed by atoms with Crippen molar-refractivity contribution in [2.45, 2.75) is 44.9 Å². The van der Waals surface area contributed by atoms with Gasteiger partial charge in [0.15, 0.2) is 0 Å². The van der Waals surface area contributed by atoms with Crippen LogP contribution < -0.4 is 0 Å². The number of methoxy groups -OCH3 is 1. The minimum absolute atomic E-state index is 0.128. The lowest BCUT2D eigenvalue weighted by atomic mass is 9.70. The summed E-state index contributed by atoms with van der Waals surface area (Å²) in [7, 11) is 1.84. The Hall–Kier alpha value is -4.12. The highest BCUT2D eigenvalue weighted by atomic mass is 32.1. The van der Waals surface area contributed by atoms with Crippen LogP contribution in [0.25, 0.3) is 58.5 Å². The number of thiophene rings is 6. The fourth-order valence-electron chi connectivity index (χ4n) is 10.5. The van der Waals surface area contributed by atoms with Crippen molar-refractivity contribution < 1.29 is 9.84 Å². The van der Waals surface area contributed by atoms with Gasteiger partial charge in [-0.3, -0.25) is 0 Å². The van der Waals surface area contributed by atoms with Crippen molar-refractivity contribution in [1.82, 2.24) is 0 Å². The molecule has 6 aliphatic carbocycles. The highest BCUT2D eigenvalue weighted by Crippen LogP contribution is 2.55. The Kier molecular flexibility index (Phi) is 10.5. The van der Waals surface area contributed by atoms with E-state index in [1.165, 1.54) is 85.0 Å². The number of hydrogen-bond donors (Lipinski definition) is 1. The Morgan fingerprint density at radius 1 is 0.581 bits per heavy atom. The highest BCUT2D eigenvalue weighted by molar-refractivity contribution is 7.42. The second-order valence-electron chi connectivity index (χ2n) is 17.2. The van der Waals surface area contributed by atoms with Gasteiger partial charge in [0.25, 0.3) is 0 Å². The maximum absolute atomic E-state index is 10.5. The van der Waals surface area contributed by atoms with Gasteiger partial charge in [0.2, 0.25) is 0 Å². The number of aliphatic hydroxyl groups excluding tert-OH is 1. The summed E-state index contributed by atoms with van der Waals surface area (Å²) in [5.74, 6) is 2.83. The maximum Gasteiger partial charge on any atom is 0.0967 e. The molecule has 0 aliphatic heterocycles. The first-order valence-electron chi connectivity index (χ1n) is 21.9. The van der Waals surface area contributed by atoms with Crippen molar-refractivity contribution in [3.05, 3.63) is 165 Å². The fraction of sp³-hybridized carbons (Fsp3) is 0.259. The number of ether oxygens (including phenoxy) is 1. The van der Waals surface area contributed by atoms with Crippen molar-refractivity contribution in [2.24, 2.45) is 29.6 Å². The van der Waals surface area contributed by atoms with E-state index in [2.05, 4.69) is 128 Å². The molecular formula is C54H46O2S6. The van der Waals surface area contributed by atoms with Crippen LogP contribution in [0.5, 0.6) is 0 Å². The minimum Gasteiger partial charge on any atom is -0.501 e. The van der Waals surface area contributed by atoms with Gasteiger partial charge in [-0.1, -0.05) is 97.2 Å². The molecule has 2 nitrogen and oxygen atoms in total. The van der Waals surface area contributed by atoms with Gasteiger partial charge in [0.05, 0.1) is 38.3 Å². The lowest BCUT2D eigenvalue weighted by molar-refractivity contribution is 0.269. The number of hydrogen-bond acceptors (Lipinski definition) is 8. The molecule has 0 aromatic carbocycles. The van der Waals surface area contributed by atoms with Crippen molar-refractivity contribution in [1.29, 1.82) is 0 Å². The van der Waals surface area contributed by atoms with Crippen molar-refractivity contribution >= 4 is 117 Å². The van der Waals surface area contributed by atoms with Crippen LogP contribution in [0.1, 0.15) is 54.7 Å². The van der Waals surface area contributed by atoms with Gasteiger partial charge < -0.3 is 9.84 Å². The number of aliphatic hydroxyl groups is 1. The normalized spacial score (nSPS) is 25.1. The molecule has 5 atom stereocenters. The molecule has 62 heavy (non-hydrogen) atoms. The summed E-state index contributed by atoms with van der Waals surface area (Å²) in [4.78, 5) is 5.59. The van der Waals surface area contributed by atoms with Gasteiger partial charge >= 0.3 is 0 Å². The SMILES string of the molecule is COC1=CC(C2C=CC=CC2)=C(c2cc3sc4cc(-c5cc6sc7cc(C8=C(C9C=CC=CC9)C=C(CO)CC8C8C=CC=CC8)sc7c6s5)sc4c3s2)C(C2=CCCC=C2)C1. The van der Waals surface area contributed by atoms with E-state index < -0.39 is 0 Å². The standard InChI is InChI=1S/C54H46O2S6/c1-56-36-24-39(34-18-10-4-11-19-34)50(40(25-36)35-20-12-5-13-21-35)44-29-48-54(62-44)52-46(58-48)27-42(60-52)41-26-45-51(59-41)53-47(57-45)28-43(61-53)49-37(32-14-6-2-7-15-32)22-31(30-55)23-38(49)33-16-8-3-9-17-33/h2-4,6-12,14,16,18,20-22,24,26-29,32-34,38,40,55H,5,13,15,17,19,23,25,30H2,1H3. The topological polar surface area (TPSA) is 29.5 Å². The van der Waals surface area contributed by atoms with Gasteiger partial charge in [-0.15, -0.1) is 68.0 Å². The molecule has 6 aromatic heterocycles. The van der Waals surface area contributed by atoms with E-state index >= 15 is 0 Å². The molecule has 0 radical (unpaired) electrons. The van der Waals surface area contributed by atoms with E-state index in [9.17, 15) is 5.11 Å². The van der Waals surface area contributed by atoms with Crippen molar-refractivity contribution in [2.75, 3.05) is 13.7 Å². The number of fused-ring (bicyclic) bond motifs is 6. The molecule has 6 heterocycles. The Bertz CT molecular complexity index is 3170. The third-order valence-electron chi connectivity index (χ3n) is 13.5. The van der Waals surface area contributed by atoms with E-state index in [1.54, 1.807) is 0 Å². The van der Waals surface area contributed by atoms with Crippen LogP contribution >= 0.6 is 68.0 Å². The molecule has 0 fully saturated rings. The van der Waals surface area contributed by atoms with E-state index in [-0.39, 0.29) is 6.61 Å². The Morgan fingerprint density at radius 2 is 1.15 bits per heavy atom. The number of allylic oxidation sites excluding steroid dienone is 23. The highest BCUT2D eigenvalue weighted by Gasteiger charge is 2.35. The lowest BCUT2D eigenvalue weighted by Gasteiger charge is -2.35. The van der Waals surface area contributed by atoms with Gasteiger partial charge in [0.1, 0.15) is 0 Å². The molecule has 0 bridgehead atoms. The van der Waals surface area contributed by atoms with Crippen LogP contribution in [0.15, 0.2) is 156 Å². The molecule has 12 rings (SSSR count). The molecule has 0 amide bonds. The molecule has 310 valence electrons. The average molecular weight is 919 g/mol. The molecule has 0 saturated carbocycles. The predicted octanol–water partition coefficient (Wildman–Crippen LogP) is 17.0.